The van der Waals surface area contributed by atoms with Crippen molar-refractivity contribution in [3.8, 4) is 0 Å². The van der Waals surface area contributed by atoms with Gasteiger partial charge in [-0.15, -0.1) is 0 Å². The number of benzene rings is 1. The predicted octanol–water partition coefficient (Wildman–Crippen LogP) is 0.639. The van der Waals surface area contributed by atoms with Gasteiger partial charge in [-0.1, -0.05) is 0 Å². The van der Waals surface area contributed by atoms with Crippen LogP contribution in [-0.4, -0.2) is 29.5 Å². The molecule has 1 rings (SSSR count). The standard InChI is InChI=1S/C9H13IN2O2/c10-8-3-6(11)1-2-9(8)12-4-7(14)5-13/h1-3,7,12-14H,4-5,11H2. The van der Waals surface area contributed by atoms with Gasteiger partial charge in [-0.25, -0.2) is 0 Å². The molecule has 0 aromatic heterocycles. The zero-order valence-electron chi connectivity index (χ0n) is 7.57. The van der Waals surface area contributed by atoms with E-state index in [2.05, 4.69) is 27.9 Å². The molecular formula is C9H13IN2O2. The predicted molar refractivity (Wildman–Crippen MR) is 65.2 cm³/mol. The molecule has 5 heteroatoms. The maximum Gasteiger partial charge on any atom is 0.0942 e. The molecule has 0 saturated carbocycles. The normalized spacial score (nSPS) is 12.5. The van der Waals surface area contributed by atoms with E-state index >= 15 is 0 Å². The van der Waals surface area contributed by atoms with E-state index in [1.54, 1.807) is 6.07 Å². The fraction of sp³-hybridized carbons (Fsp3) is 0.333. The quantitative estimate of drug-likeness (QED) is 0.486. The number of anilines is 2. The number of aliphatic hydroxyl groups excluding tert-OH is 2. The highest BCUT2D eigenvalue weighted by Crippen LogP contribution is 2.20. The first-order valence-corrected chi connectivity index (χ1v) is 5.29. The summed E-state index contributed by atoms with van der Waals surface area (Å²) in [7, 11) is 0. The van der Waals surface area contributed by atoms with Crippen molar-refractivity contribution in [2.24, 2.45) is 0 Å². The molecule has 0 bridgehead atoms. The lowest BCUT2D eigenvalue weighted by atomic mass is 10.2. The van der Waals surface area contributed by atoms with Crippen molar-refractivity contribution < 1.29 is 10.2 Å². The van der Waals surface area contributed by atoms with Gasteiger partial charge in [-0.2, -0.15) is 0 Å². The van der Waals surface area contributed by atoms with Crippen LogP contribution in [0.5, 0.6) is 0 Å². The third-order valence-corrected chi connectivity index (χ3v) is 2.62. The molecule has 5 N–H and O–H groups in total. The lowest BCUT2D eigenvalue weighted by molar-refractivity contribution is 0.105. The fourth-order valence-corrected chi connectivity index (χ4v) is 1.70. The Morgan fingerprint density at radius 2 is 2.21 bits per heavy atom. The molecule has 14 heavy (non-hydrogen) atoms. The first-order valence-electron chi connectivity index (χ1n) is 4.21. The Hall–Kier alpha value is -0.530. The first kappa shape index (κ1) is 11.5. The van der Waals surface area contributed by atoms with E-state index < -0.39 is 6.10 Å². The van der Waals surface area contributed by atoms with Crippen LogP contribution in [0.3, 0.4) is 0 Å². The van der Waals surface area contributed by atoms with Gasteiger partial charge in [0.1, 0.15) is 0 Å². The minimum atomic E-state index is -0.733. The van der Waals surface area contributed by atoms with E-state index in [-0.39, 0.29) is 6.61 Å². The SMILES string of the molecule is Nc1ccc(NCC(O)CO)c(I)c1. The van der Waals surface area contributed by atoms with E-state index in [1.807, 2.05) is 12.1 Å². The molecule has 1 unspecified atom stereocenters. The summed E-state index contributed by atoms with van der Waals surface area (Å²) in [6.07, 6.45) is -0.733. The zero-order chi connectivity index (χ0) is 10.6. The number of aliphatic hydroxyl groups is 2. The maximum atomic E-state index is 9.13. The zero-order valence-corrected chi connectivity index (χ0v) is 9.73. The Morgan fingerprint density at radius 3 is 2.79 bits per heavy atom. The van der Waals surface area contributed by atoms with Crippen molar-refractivity contribution in [3.05, 3.63) is 21.8 Å². The van der Waals surface area contributed by atoms with Crippen molar-refractivity contribution >= 4 is 34.0 Å². The van der Waals surface area contributed by atoms with Crippen LogP contribution >= 0.6 is 22.6 Å². The summed E-state index contributed by atoms with van der Waals surface area (Å²) >= 11 is 2.16. The second kappa shape index (κ2) is 5.38. The van der Waals surface area contributed by atoms with Gasteiger partial charge in [0, 0.05) is 21.5 Å². The third kappa shape index (κ3) is 3.32. The van der Waals surface area contributed by atoms with Gasteiger partial charge in [0.25, 0.3) is 0 Å². The summed E-state index contributed by atoms with van der Waals surface area (Å²) in [6, 6.07) is 5.48. The van der Waals surface area contributed by atoms with Gasteiger partial charge in [0.05, 0.1) is 12.7 Å². The Labute approximate surface area is 96.3 Å². The second-order valence-electron chi connectivity index (χ2n) is 2.96. The number of hydrogen-bond donors (Lipinski definition) is 4. The summed E-state index contributed by atoms with van der Waals surface area (Å²) in [5, 5.41) is 20.8. The van der Waals surface area contributed by atoms with E-state index in [4.69, 9.17) is 15.9 Å². The van der Waals surface area contributed by atoms with Gasteiger partial charge < -0.3 is 21.3 Å². The summed E-state index contributed by atoms with van der Waals surface area (Å²) in [5.41, 5.74) is 7.21. The maximum absolute atomic E-state index is 9.13. The Morgan fingerprint density at radius 1 is 1.50 bits per heavy atom. The average molecular weight is 308 g/mol. The Kier molecular flexibility index (Phi) is 4.43. The molecule has 0 saturated heterocycles. The molecule has 0 fully saturated rings. The van der Waals surface area contributed by atoms with Crippen LogP contribution in [0.4, 0.5) is 11.4 Å². The van der Waals surface area contributed by atoms with E-state index in [0.717, 1.165) is 9.26 Å². The second-order valence-corrected chi connectivity index (χ2v) is 4.12. The Balaban J connectivity index is 2.59. The molecule has 78 valence electrons. The van der Waals surface area contributed by atoms with Crippen LogP contribution in [0.15, 0.2) is 18.2 Å². The molecular weight excluding hydrogens is 295 g/mol. The number of rotatable bonds is 4. The highest BCUT2D eigenvalue weighted by molar-refractivity contribution is 14.1. The van der Waals surface area contributed by atoms with Crippen LogP contribution in [-0.2, 0) is 0 Å². The lowest BCUT2D eigenvalue weighted by Gasteiger charge is -2.11. The number of hydrogen-bond acceptors (Lipinski definition) is 4. The number of nitrogens with one attached hydrogen (secondary N) is 1. The molecule has 0 aliphatic carbocycles. The molecule has 0 spiro atoms. The van der Waals surface area contributed by atoms with Crippen molar-refractivity contribution in [1.82, 2.24) is 0 Å². The fourth-order valence-electron chi connectivity index (χ4n) is 0.967. The topological polar surface area (TPSA) is 78.5 Å². The van der Waals surface area contributed by atoms with Crippen LogP contribution in [0.1, 0.15) is 0 Å². The molecule has 4 nitrogen and oxygen atoms in total. The molecule has 1 aromatic carbocycles. The van der Waals surface area contributed by atoms with Crippen molar-refractivity contribution in [2.75, 3.05) is 24.2 Å². The van der Waals surface area contributed by atoms with Crippen molar-refractivity contribution in [1.29, 1.82) is 0 Å². The molecule has 1 aromatic rings. The monoisotopic (exact) mass is 308 g/mol. The lowest BCUT2D eigenvalue weighted by Crippen LogP contribution is -2.23. The highest BCUT2D eigenvalue weighted by atomic mass is 127. The van der Waals surface area contributed by atoms with Crippen molar-refractivity contribution in [2.45, 2.75) is 6.10 Å². The molecule has 0 aliphatic heterocycles. The summed E-state index contributed by atoms with van der Waals surface area (Å²) in [4.78, 5) is 0. The van der Waals surface area contributed by atoms with Crippen LogP contribution in [0.2, 0.25) is 0 Å². The van der Waals surface area contributed by atoms with Gasteiger partial charge >= 0.3 is 0 Å². The molecule has 1 atom stereocenters. The summed E-state index contributed by atoms with van der Waals surface area (Å²) in [5.74, 6) is 0. The number of nitrogens with two attached hydrogens (primary N) is 1. The minimum absolute atomic E-state index is 0.238. The largest absolute Gasteiger partial charge is 0.399 e. The van der Waals surface area contributed by atoms with Gasteiger partial charge in [-0.05, 0) is 40.8 Å². The van der Waals surface area contributed by atoms with E-state index in [1.165, 1.54) is 0 Å². The van der Waals surface area contributed by atoms with Crippen LogP contribution < -0.4 is 11.1 Å². The molecule has 0 radical (unpaired) electrons. The third-order valence-electron chi connectivity index (χ3n) is 1.73. The van der Waals surface area contributed by atoms with Gasteiger partial charge in [-0.3, -0.25) is 0 Å². The smallest absolute Gasteiger partial charge is 0.0942 e. The summed E-state index contributed by atoms with van der Waals surface area (Å²) < 4.78 is 0.993. The minimum Gasteiger partial charge on any atom is -0.399 e. The van der Waals surface area contributed by atoms with Gasteiger partial charge in [0.2, 0.25) is 0 Å². The van der Waals surface area contributed by atoms with E-state index in [9.17, 15) is 0 Å². The van der Waals surface area contributed by atoms with Crippen LogP contribution in [0, 0.1) is 3.57 Å². The van der Waals surface area contributed by atoms with E-state index in [0.29, 0.717) is 12.2 Å². The summed E-state index contributed by atoms with van der Waals surface area (Å²) in [6.45, 7) is 0.0922. The Bertz CT molecular complexity index is 307. The van der Waals surface area contributed by atoms with Crippen molar-refractivity contribution in [3.63, 3.8) is 0 Å². The molecule has 0 amide bonds. The molecule has 0 aliphatic rings. The number of halogens is 1. The van der Waals surface area contributed by atoms with Gasteiger partial charge in [0.15, 0.2) is 0 Å². The van der Waals surface area contributed by atoms with Crippen LogP contribution in [0.25, 0.3) is 0 Å². The first-order chi connectivity index (χ1) is 6.63. The highest BCUT2D eigenvalue weighted by Gasteiger charge is 2.03. The molecule has 0 heterocycles. The number of nitrogen functional groups attached to an aromatic ring is 1. The average Bonchev–Trinajstić information content (AvgIpc) is 2.16.